The van der Waals surface area contributed by atoms with Crippen LogP contribution in [0.25, 0.3) is 0 Å². The lowest BCUT2D eigenvalue weighted by molar-refractivity contribution is -0.135. The number of nitrogens with zero attached hydrogens (tertiary/aromatic N) is 2. The van der Waals surface area contributed by atoms with E-state index in [0.29, 0.717) is 26.6 Å². The summed E-state index contributed by atoms with van der Waals surface area (Å²) in [6.07, 6.45) is 2.54. The first kappa shape index (κ1) is 21.1. The molecule has 0 unspecified atom stereocenters. The Kier molecular flexibility index (Phi) is 7.08. The summed E-state index contributed by atoms with van der Waals surface area (Å²) in [5.74, 6) is -0.0559. The van der Waals surface area contributed by atoms with E-state index in [2.05, 4.69) is 36.2 Å². The number of halogens is 2. The number of esters is 1. The van der Waals surface area contributed by atoms with Crippen LogP contribution in [0.2, 0.25) is 5.02 Å². The van der Waals surface area contributed by atoms with Gasteiger partial charge in [0.1, 0.15) is 5.75 Å². The van der Waals surface area contributed by atoms with Gasteiger partial charge in [-0.15, -0.1) is 5.10 Å². The van der Waals surface area contributed by atoms with Crippen molar-refractivity contribution in [2.75, 3.05) is 7.11 Å². The Balaban J connectivity index is 1.83. The second-order valence-electron chi connectivity index (χ2n) is 5.42. The summed E-state index contributed by atoms with van der Waals surface area (Å²) in [4.78, 5) is 23.3. The largest absolute Gasteiger partial charge is 0.466 e. The summed E-state index contributed by atoms with van der Waals surface area (Å²) in [5, 5.41) is 11.1. The van der Waals surface area contributed by atoms with Crippen molar-refractivity contribution >= 4 is 62.6 Å². The van der Waals surface area contributed by atoms with E-state index in [9.17, 15) is 9.59 Å². The number of hydrogen-bond acceptors (Lipinski definition) is 7. The molecular weight excluding hydrogens is 482 g/mol. The molecule has 1 saturated heterocycles. The van der Waals surface area contributed by atoms with Crippen LogP contribution in [0.3, 0.4) is 0 Å². The molecule has 0 saturated carbocycles. The van der Waals surface area contributed by atoms with Gasteiger partial charge < -0.3 is 9.47 Å². The van der Waals surface area contributed by atoms with E-state index < -0.39 is 11.9 Å². The summed E-state index contributed by atoms with van der Waals surface area (Å²) in [6.45, 7) is 0. The first-order chi connectivity index (χ1) is 14.0. The van der Waals surface area contributed by atoms with E-state index >= 15 is 0 Å². The van der Waals surface area contributed by atoms with E-state index in [1.54, 1.807) is 24.3 Å². The number of para-hydroxylation sites is 1. The van der Waals surface area contributed by atoms with Crippen molar-refractivity contribution in [3.63, 3.8) is 0 Å². The first-order valence-corrected chi connectivity index (χ1v) is 10.1. The maximum absolute atomic E-state index is 11.8. The number of thioether (sulfide) groups is 1. The van der Waals surface area contributed by atoms with Crippen molar-refractivity contribution in [3.05, 3.63) is 68.5 Å². The average molecular weight is 495 g/mol. The minimum Gasteiger partial charge on any atom is -0.466 e. The van der Waals surface area contributed by atoms with Crippen molar-refractivity contribution in [1.82, 2.24) is 5.32 Å². The van der Waals surface area contributed by atoms with E-state index in [4.69, 9.17) is 16.3 Å². The molecule has 1 aliphatic heterocycles. The fourth-order valence-electron chi connectivity index (χ4n) is 2.16. The Bertz CT molecular complexity index is 1040. The molecule has 0 spiro atoms. The van der Waals surface area contributed by atoms with Crippen LogP contribution in [0.5, 0.6) is 11.5 Å². The van der Waals surface area contributed by atoms with Crippen LogP contribution in [0.15, 0.2) is 68.1 Å². The van der Waals surface area contributed by atoms with Gasteiger partial charge in [-0.1, -0.05) is 29.8 Å². The average Bonchev–Trinajstić information content (AvgIpc) is 3.06. The third-order valence-electron chi connectivity index (χ3n) is 3.49. The van der Waals surface area contributed by atoms with Crippen LogP contribution < -0.4 is 10.1 Å². The number of benzene rings is 2. The number of carbonyl (C=O) groups excluding carboxylic acids is 2. The molecule has 0 atom stereocenters. The van der Waals surface area contributed by atoms with Crippen LogP contribution in [0.1, 0.15) is 5.56 Å². The molecule has 0 aromatic heterocycles. The minimum atomic E-state index is -0.627. The van der Waals surface area contributed by atoms with Crippen molar-refractivity contribution < 1.29 is 19.1 Å². The third-order valence-corrected chi connectivity index (χ3v) is 5.38. The van der Waals surface area contributed by atoms with Crippen LogP contribution in [-0.2, 0) is 14.3 Å². The Morgan fingerprint density at radius 2 is 2.00 bits per heavy atom. The Morgan fingerprint density at radius 1 is 1.24 bits per heavy atom. The van der Waals surface area contributed by atoms with Gasteiger partial charge in [0, 0.05) is 10.5 Å². The first-order valence-electron chi connectivity index (χ1n) is 8.08. The predicted molar refractivity (Wildman–Crippen MR) is 117 cm³/mol. The highest BCUT2D eigenvalue weighted by molar-refractivity contribution is 9.10. The van der Waals surface area contributed by atoms with Crippen molar-refractivity contribution in [2.45, 2.75) is 0 Å². The molecule has 1 fully saturated rings. The zero-order valence-corrected chi connectivity index (χ0v) is 18.0. The molecule has 2 aromatic carbocycles. The molecule has 0 aliphatic carbocycles. The number of amidine groups is 1. The lowest BCUT2D eigenvalue weighted by atomic mass is 10.2. The van der Waals surface area contributed by atoms with Gasteiger partial charge in [0.15, 0.2) is 10.9 Å². The molecule has 0 radical (unpaired) electrons. The number of rotatable bonds is 5. The summed E-state index contributed by atoms with van der Waals surface area (Å²) in [7, 11) is 1.23. The standard InChI is InChI=1S/C19H13BrClN3O4S/c1-27-16(25)9-15-18(26)23-19(29-15)24-22-10-12-13(20)7-8-14(21)17(12)28-11-5-3-2-4-6-11/h2-10H,1H3,(H,23,24,26)/b15-9+,22-10?. The predicted octanol–water partition coefficient (Wildman–Crippen LogP) is 4.50. The second-order valence-corrected chi connectivity index (χ2v) is 7.72. The monoisotopic (exact) mass is 493 g/mol. The van der Waals surface area contributed by atoms with Crippen LogP contribution in [-0.4, -0.2) is 30.4 Å². The normalized spacial score (nSPS) is 16.4. The third kappa shape index (κ3) is 5.47. The molecule has 1 amide bonds. The molecule has 1 heterocycles. The maximum Gasteiger partial charge on any atom is 0.331 e. The number of amides is 1. The molecule has 0 bridgehead atoms. The molecule has 1 aliphatic rings. The smallest absolute Gasteiger partial charge is 0.331 e. The summed E-state index contributed by atoms with van der Waals surface area (Å²) < 4.78 is 11.1. The maximum atomic E-state index is 11.8. The summed E-state index contributed by atoms with van der Waals surface area (Å²) in [5.41, 5.74) is 0.574. The van der Waals surface area contributed by atoms with E-state index in [0.717, 1.165) is 17.8 Å². The number of nitrogens with one attached hydrogen (secondary N) is 1. The fourth-order valence-corrected chi connectivity index (χ4v) is 3.52. The minimum absolute atomic E-state index is 0.169. The van der Waals surface area contributed by atoms with Gasteiger partial charge in [-0.05, 0) is 52.0 Å². The molecule has 2 aromatic rings. The van der Waals surface area contributed by atoms with Gasteiger partial charge >= 0.3 is 5.97 Å². The molecule has 29 heavy (non-hydrogen) atoms. The highest BCUT2D eigenvalue weighted by Crippen LogP contribution is 2.36. The van der Waals surface area contributed by atoms with Crippen molar-refractivity contribution in [3.8, 4) is 11.5 Å². The number of methoxy groups -OCH3 is 1. The van der Waals surface area contributed by atoms with Gasteiger partial charge in [0.25, 0.3) is 5.91 Å². The van der Waals surface area contributed by atoms with E-state index in [-0.39, 0.29) is 10.1 Å². The lowest BCUT2D eigenvalue weighted by Gasteiger charge is -2.11. The molecule has 3 rings (SSSR count). The molecule has 7 nitrogen and oxygen atoms in total. The van der Waals surface area contributed by atoms with Crippen molar-refractivity contribution in [1.29, 1.82) is 0 Å². The van der Waals surface area contributed by atoms with E-state index in [1.165, 1.54) is 13.3 Å². The second kappa shape index (κ2) is 9.73. The lowest BCUT2D eigenvalue weighted by Crippen LogP contribution is -2.19. The number of ether oxygens (including phenoxy) is 2. The quantitative estimate of drug-likeness (QED) is 0.286. The van der Waals surface area contributed by atoms with Crippen LogP contribution in [0.4, 0.5) is 0 Å². The fraction of sp³-hybridized carbons (Fsp3) is 0.0526. The zero-order chi connectivity index (χ0) is 20.8. The van der Waals surface area contributed by atoms with Gasteiger partial charge in [-0.3, -0.25) is 10.1 Å². The van der Waals surface area contributed by atoms with Crippen molar-refractivity contribution in [2.24, 2.45) is 10.2 Å². The Hall–Kier alpha value is -2.62. The highest BCUT2D eigenvalue weighted by atomic mass is 79.9. The van der Waals surface area contributed by atoms with Gasteiger partial charge in [-0.25, -0.2) is 4.79 Å². The van der Waals surface area contributed by atoms with Crippen LogP contribution in [0, 0.1) is 0 Å². The summed E-state index contributed by atoms with van der Waals surface area (Å²) in [6, 6.07) is 12.6. The van der Waals surface area contributed by atoms with Crippen LogP contribution >= 0.6 is 39.3 Å². The number of carbonyl (C=O) groups is 2. The molecule has 10 heteroatoms. The zero-order valence-electron chi connectivity index (χ0n) is 14.9. The number of hydrogen-bond donors (Lipinski definition) is 1. The van der Waals surface area contributed by atoms with Gasteiger partial charge in [0.05, 0.1) is 28.8 Å². The molecule has 1 N–H and O–H groups in total. The topological polar surface area (TPSA) is 89.3 Å². The molecular formula is C19H13BrClN3O4S. The Labute approximate surface area is 184 Å². The van der Waals surface area contributed by atoms with Gasteiger partial charge in [0.2, 0.25) is 0 Å². The summed E-state index contributed by atoms with van der Waals surface area (Å²) >= 11 is 10.7. The molecule has 148 valence electrons. The van der Waals surface area contributed by atoms with Gasteiger partial charge in [-0.2, -0.15) is 5.10 Å². The highest BCUT2D eigenvalue weighted by Gasteiger charge is 2.25. The van der Waals surface area contributed by atoms with E-state index in [1.807, 2.05) is 18.2 Å². The Morgan fingerprint density at radius 3 is 2.72 bits per heavy atom. The SMILES string of the molecule is COC(=O)/C=C1/S/C(=N\N=Cc2c(Br)ccc(Cl)c2Oc2ccccc2)NC1=O.